The molecule has 0 aromatic rings. The van der Waals surface area contributed by atoms with Crippen molar-refractivity contribution >= 4 is 5.97 Å². The zero-order valence-electron chi connectivity index (χ0n) is 10.3. The van der Waals surface area contributed by atoms with E-state index in [0.717, 1.165) is 19.4 Å². The number of carboxylic acid groups (broad SMARTS) is 1. The number of piperidine rings is 1. The van der Waals surface area contributed by atoms with Crippen molar-refractivity contribution < 1.29 is 14.6 Å². The molecule has 0 aromatic carbocycles. The zero-order valence-corrected chi connectivity index (χ0v) is 10.3. The molecule has 16 heavy (non-hydrogen) atoms. The van der Waals surface area contributed by atoms with Gasteiger partial charge < -0.3 is 9.84 Å². The quantitative estimate of drug-likeness (QED) is 0.753. The molecule has 0 aliphatic carbocycles. The van der Waals surface area contributed by atoms with E-state index in [4.69, 9.17) is 4.74 Å². The van der Waals surface area contributed by atoms with Crippen LogP contribution in [0.3, 0.4) is 0 Å². The second-order valence-electron chi connectivity index (χ2n) is 4.31. The third kappa shape index (κ3) is 3.46. The fourth-order valence-electron chi connectivity index (χ4n) is 2.42. The van der Waals surface area contributed by atoms with Gasteiger partial charge in [-0.25, -0.2) is 0 Å². The number of hydrogen-bond acceptors (Lipinski definition) is 3. The minimum absolute atomic E-state index is 0.287. The lowest BCUT2D eigenvalue weighted by Gasteiger charge is -2.38. The van der Waals surface area contributed by atoms with Crippen LogP contribution in [0.4, 0.5) is 0 Å². The zero-order chi connectivity index (χ0) is 12.0. The predicted octanol–water partition coefficient (Wildman–Crippen LogP) is 1.74. The Morgan fingerprint density at radius 3 is 2.81 bits per heavy atom. The maximum Gasteiger partial charge on any atom is 0.320 e. The summed E-state index contributed by atoms with van der Waals surface area (Å²) in [7, 11) is 0. The molecule has 0 amide bonds. The molecule has 4 heteroatoms. The molecule has 1 fully saturated rings. The van der Waals surface area contributed by atoms with E-state index in [1.807, 2.05) is 13.8 Å². The molecule has 1 aliphatic heterocycles. The van der Waals surface area contributed by atoms with Gasteiger partial charge in [0, 0.05) is 12.6 Å². The Morgan fingerprint density at radius 1 is 1.50 bits per heavy atom. The number of ether oxygens (including phenoxy) is 1. The van der Waals surface area contributed by atoms with Gasteiger partial charge in [-0.1, -0.05) is 13.3 Å². The van der Waals surface area contributed by atoms with Crippen molar-refractivity contribution in [2.45, 2.75) is 51.6 Å². The van der Waals surface area contributed by atoms with Crippen molar-refractivity contribution in [2.24, 2.45) is 0 Å². The van der Waals surface area contributed by atoms with E-state index in [0.29, 0.717) is 19.6 Å². The maximum absolute atomic E-state index is 11.2. The van der Waals surface area contributed by atoms with Crippen molar-refractivity contribution in [3.05, 3.63) is 0 Å². The van der Waals surface area contributed by atoms with E-state index in [1.54, 1.807) is 0 Å². The fraction of sp³-hybridized carbons (Fsp3) is 0.917. The molecule has 0 bridgehead atoms. The average molecular weight is 229 g/mol. The van der Waals surface area contributed by atoms with Gasteiger partial charge in [0.1, 0.15) is 6.04 Å². The van der Waals surface area contributed by atoms with Crippen LogP contribution < -0.4 is 0 Å². The number of rotatable bonds is 6. The Kier molecular flexibility index (Phi) is 5.77. The summed E-state index contributed by atoms with van der Waals surface area (Å²) >= 11 is 0. The van der Waals surface area contributed by atoms with E-state index in [9.17, 15) is 9.90 Å². The standard InChI is InChI=1S/C12H23NO3/c1-3-11(12(14)15)13-8-6-5-7-10(13)9-16-4-2/h10-11H,3-9H2,1-2H3,(H,14,15)/t10-,11-/m1/s1. The molecule has 1 saturated heterocycles. The SMILES string of the molecule is CCOC[C@H]1CCCCN1[C@H](CC)C(=O)O. The summed E-state index contributed by atoms with van der Waals surface area (Å²) in [5.74, 6) is -0.703. The molecule has 0 radical (unpaired) electrons. The number of carbonyl (C=O) groups is 1. The molecule has 4 nitrogen and oxygen atoms in total. The third-order valence-electron chi connectivity index (χ3n) is 3.26. The Hall–Kier alpha value is -0.610. The summed E-state index contributed by atoms with van der Waals surface area (Å²) in [6.07, 6.45) is 4.01. The normalized spacial score (nSPS) is 24.2. The van der Waals surface area contributed by atoms with Gasteiger partial charge in [0.2, 0.25) is 0 Å². The molecule has 1 rings (SSSR count). The van der Waals surface area contributed by atoms with Gasteiger partial charge >= 0.3 is 5.97 Å². The number of carboxylic acids is 1. The summed E-state index contributed by atoms with van der Waals surface area (Å²) in [6.45, 7) is 6.17. The van der Waals surface area contributed by atoms with Crippen LogP contribution >= 0.6 is 0 Å². The molecule has 94 valence electrons. The van der Waals surface area contributed by atoms with E-state index >= 15 is 0 Å². The van der Waals surface area contributed by atoms with Crippen molar-refractivity contribution in [2.75, 3.05) is 19.8 Å². The van der Waals surface area contributed by atoms with Crippen molar-refractivity contribution in [1.29, 1.82) is 0 Å². The minimum Gasteiger partial charge on any atom is -0.480 e. The highest BCUT2D eigenvalue weighted by Crippen LogP contribution is 2.21. The van der Waals surface area contributed by atoms with E-state index in [2.05, 4.69) is 4.90 Å². The highest BCUT2D eigenvalue weighted by molar-refractivity contribution is 5.73. The Balaban J connectivity index is 2.60. The smallest absolute Gasteiger partial charge is 0.320 e. The van der Waals surface area contributed by atoms with Crippen molar-refractivity contribution in [3.63, 3.8) is 0 Å². The van der Waals surface area contributed by atoms with Crippen LogP contribution in [0, 0.1) is 0 Å². The third-order valence-corrected chi connectivity index (χ3v) is 3.26. The second-order valence-corrected chi connectivity index (χ2v) is 4.31. The number of likely N-dealkylation sites (tertiary alicyclic amines) is 1. The lowest BCUT2D eigenvalue weighted by molar-refractivity contribution is -0.145. The molecular weight excluding hydrogens is 206 g/mol. The monoisotopic (exact) mass is 229 g/mol. The average Bonchev–Trinajstić information content (AvgIpc) is 2.28. The van der Waals surface area contributed by atoms with E-state index < -0.39 is 5.97 Å². The Morgan fingerprint density at radius 2 is 2.25 bits per heavy atom. The van der Waals surface area contributed by atoms with Gasteiger partial charge in [0.15, 0.2) is 0 Å². The first-order valence-corrected chi connectivity index (χ1v) is 6.27. The molecule has 0 spiro atoms. The first kappa shape index (κ1) is 13.5. The van der Waals surface area contributed by atoms with Gasteiger partial charge in [-0.2, -0.15) is 0 Å². The second kappa shape index (κ2) is 6.86. The van der Waals surface area contributed by atoms with Crippen molar-refractivity contribution in [3.8, 4) is 0 Å². The van der Waals surface area contributed by atoms with Crippen LogP contribution in [0.25, 0.3) is 0 Å². The van der Waals surface area contributed by atoms with Crippen LogP contribution in [0.15, 0.2) is 0 Å². The van der Waals surface area contributed by atoms with E-state index in [-0.39, 0.29) is 12.1 Å². The van der Waals surface area contributed by atoms with Gasteiger partial charge in [-0.05, 0) is 32.7 Å². The number of aliphatic carboxylic acids is 1. The topological polar surface area (TPSA) is 49.8 Å². The summed E-state index contributed by atoms with van der Waals surface area (Å²) in [6, 6.07) is -0.0551. The van der Waals surface area contributed by atoms with Gasteiger partial charge in [0.25, 0.3) is 0 Å². The summed E-state index contributed by atoms with van der Waals surface area (Å²) in [4.78, 5) is 13.3. The Labute approximate surface area is 97.6 Å². The van der Waals surface area contributed by atoms with Crippen molar-refractivity contribution in [1.82, 2.24) is 4.90 Å². The molecular formula is C12H23NO3. The minimum atomic E-state index is -0.703. The lowest BCUT2D eigenvalue weighted by Crippen LogP contribution is -2.51. The molecule has 1 heterocycles. The van der Waals surface area contributed by atoms with Crippen LogP contribution in [-0.4, -0.2) is 47.8 Å². The molecule has 0 aromatic heterocycles. The molecule has 2 atom stereocenters. The van der Waals surface area contributed by atoms with E-state index in [1.165, 1.54) is 6.42 Å². The molecule has 1 N–H and O–H groups in total. The van der Waals surface area contributed by atoms with Gasteiger partial charge in [0.05, 0.1) is 6.61 Å². The molecule has 1 aliphatic rings. The summed E-state index contributed by atoms with van der Waals surface area (Å²) < 4.78 is 5.44. The molecule has 0 unspecified atom stereocenters. The molecule has 0 saturated carbocycles. The first-order valence-electron chi connectivity index (χ1n) is 6.27. The van der Waals surface area contributed by atoms with Crippen LogP contribution in [-0.2, 0) is 9.53 Å². The van der Waals surface area contributed by atoms with Gasteiger partial charge in [-0.3, -0.25) is 9.69 Å². The highest BCUT2D eigenvalue weighted by atomic mass is 16.5. The predicted molar refractivity (Wildman–Crippen MR) is 62.6 cm³/mol. The fourth-order valence-corrected chi connectivity index (χ4v) is 2.42. The summed E-state index contributed by atoms with van der Waals surface area (Å²) in [5, 5.41) is 9.19. The van der Waals surface area contributed by atoms with Gasteiger partial charge in [-0.15, -0.1) is 0 Å². The first-order chi connectivity index (χ1) is 7.70. The Bertz CT molecular complexity index is 220. The lowest BCUT2D eigenvalue weighted by atomic mass is 9.99. The van der Waals surface area contributed by atoms with Crippen LogP contribution in [0.1, 0.15) is 39.5 Å². The summed E-state index contributed by atoms with van der Waals surface area (Å²) in [5.41, 5.74) is 0. The number of nitrogens with zero attached hydrogens (tertiary/aromatic N) is 1. The van der Waals surface area contributed by atoms with Crippen LogP contribution in [0.5, 0.6) is 0 Å². The van der Waals surface area contributed by atoms with Crippen LogP contribution in [0.2, 0.25) is 0 Å². The maximum atomic E-state index is 11.2. The highest BCUT2D eigenvalue weighted by Gasteiger charge is 2.31. The number of hydrogen-bond donors (Lipinski definition) is 1. The largest absolute Gasteiger partial charge is 0.480 e.